The average molecular weight is 448 g/mol. The summed E-state index contributed by atoms with van der Waals surface area (Å²) < 4.78 is 20.3. The third-order valence-electron chi connectivity index (χ3n) is 5.72. The van der Waals surface area contributed by atoms with Gasteiger partial charge in [0.1, 0.15) is 17.0 Å². The first-order chi connectivity index (χ1) is 16.0. The molecule has 9 nitrogen and oxygen atoms in total. The average Bonchev–Trinajstić information content (AvgIpc) is 2.84. The summed E-state index contributed by atoms with van der Waals surface area (Å²) in [5, 5.41) is 0.208. The van der Waals surface area contributed by atoms with E-state index in [4.69, 9.17) is 4.74 Å². The Bertz CT molecular complexity index is 1430. The summed E-state index contributed by atoms with van der Waals surface area (Å²) in [6.45, 7) is 2.34. The van der Waals surface area contributed by atoms with Crippen LogP contribution in [-0.2, 0) is 0 Å². The van der Waals surface area contributed by atoms with E-state index in [9.17, 15) is 14.0 Å². The van der Waals surface area contributed by atoms with Crippen LogP contribution in [-0.4, -0.2) is 52.8 Å². The molecule has 0 amide bonds. The number of fused-ring (bicyclic) bond motifs is 1. The number of nitrogens with zero attached hydrogens (tertiary/aromatic N) is 5. The molecule has 3 heterocycles. The van der Waals surface area contributed by atoms with Gasteiger partial charge in [0.2, 0.25) is 5.95 Å². The molecule has 1 saturated heterocycles. The maximum atomic E-state index is 14.1. The second-order valence-corrected chi connectivity index (χ2v) is 7.63. The molecule has 10 heteroatoms. The number of methoxy groups -OCH3 is 1. The van der Waals surface area contributed by atoms with Gasteiger partial charge in [-0.15, -0.1) is 0 Å². The molecule has 4 aromatic rings. The fourth-order valence-corrected chi connectivity index (χ4v) is 3.97. The largest absolute Gasteiger partial charge is 0.497 e. The van der Waals surface area contributed by atoms with Crippen LogP contribution in [0.5, 0.6) is 5.75 Å². The van der Waals surface area contributed by atoms with Crippen molar-refractivity contribution in [3.05, 3.63) is 81.4 Å². The van der Waals surface area contributed by atoms with Crippen molar-refractivity contribution in [1.82, 2.24) is 19.5 Å². The van der Waals surface area contributed by atoms with Crippen LogP contribution in [0.4, 0.5) is 16.0 Å². The number of ether oxygens (including phenoxy) is 1. The molecule has 2 aromatic heterocycles. The molecular weight excluding hydrogens is 427 g/mol. The van der Waals surface area contributed by atoms with Crippen molar-refractivity contribution >= 4 is 22.7 Å². The minimum absolute atomic E-state index is 0.177. The molecule has 0 atom stereocenters. The van der Waals surface area contributed by atoms with E-state index in [1.54, 1.807) is 43.5 Å². The summed E-state index contributed by atoms with van der Waals surface area (Å²) in [4.78, 5) is 41.1. The Morgan fingerprint density at radius 2 is 1.67 bits per heavy atom. The van der Waals surface area contributed by atoms with E-state index in [0.717, 1.165) is 4.57 Å². The summed E-state index contributed by atoms with van der Waals surface area (Å²) in [6.07, 6.45) is 1.43. The Morgan fingerprint density at radius 3 is 2.36 bits per heavy atom. The number of piperazine rings is 1. The number of hydrogen-bond donors (Lipinski definition) is 1. The van der Waals surface area contributed by atoms with Gasteiger partial charge < -0.3 is 14.5 Å². The highest BCUT2D eigenvalue weighted by molar-refractivity contribution is 5.73. The first-order valence-corrected chi connectivity index (χ1v) is 10.5. The fraction of sp³-hybridized carbons (Fsp3) is 0.217. The number of H-pyrrole nitrogens is 1. The molecule has 0 unspecified atom stereocenters. The van der Waals surface area contributed by atoms with Gasteiger partial charge in [-0.1, -0.05) is 12.1 Å². The molecule has 2 aromatic carbocycles. The standard InChI is InChI=1S/C23H21FN6O3/c1-33-16-8-6-15(7-9-16)30-21(31)17-14-25-22(26-20(17)27-23(30)32)29-12-10-28(11-13-29)19-5-3-2-4-18(19)24/h2-9,14H,10-13H2,1H3,(H,25,26,27,32). The monoisotopic (exact) mass is 448 g/mol. The van der Waals surface area contributed by atoms with E-state index in [1.807, 2.05) is 15.9 Å². The lowest BCUT2D eigenvalue weighted by Gasteiger charge is -2.36. The number of nitrogens with one attached hydrogen (secondary N) is 1. The van der Waals surface area contributed by atoms with Crippen LogP contribution in [0.2, 0.25) is 0 Å². The minimum Gasteiger partial charge on any atom is -0.497 e. The lowest BCUT2D eigenvalue weighted by atomic mass is 10.2. The fourth-order valence-electron chi connectivity index (χ4n) is 3.97. The van der Waals surface area contributed by atoms with Gasteiger partial charge in [-0.3, -0.25) is 9.78 Å². The van der Waals surface area contributed by atoms with Crippen molar-refractivity contribution in [1.29, 1.82) is 0 Å². The van der Waals surface area contributed by atoms with Gasteiger partial charge in [0, 0.05) is 32.4 Å². The second kappa shape index (κ2) is 8.38. The Labute approximate surface area is 187 Å². The van der Waals surface area contributed by atoms with Crippen LogP contribution in [0, 0.1) is 5.82 Å². The van der Waals surface area contributed by atoms with Crippen molar-refractivity contribution in [3.63, 3.8) is 0 Å². The Kier molecular flexibility index (Phi) is 5.25. The molecule has 0 aliphatic carbocycles. The van der Waals surface area contributed by atoms with Crippen molar-refractivity contribution in [2.75, 3.05) is 43.1 Å². The topological polar surface area (TPSA) is 96.3 Å². The number of rotatable bonds is 4. The Hall–Kier alpha value is -4.21. The third kappa shape index (κ3) is 3.79. The van der Waals surface area contributed by atoms with Crippen molar-refractivity contribution in [3.8, 4) is 11.4 Å². The highest BCUT2D eigenvalue weighted by Gasteiger charge is 2.22. The smallest absolute Gasteiger partial charge is 0.334 e. The molecule has 168 valence electrons. The molecule has 0 spiro atoms. The first kappa shape index (κ1) is 20.7. The molecule has 1 aliphatic rings. The van der Waals surface area contributed by atoms with Crippen LogP contribution >= 0.6 is 0 Å². The Morgan fingerprint density at radius 1 is 0.970 bits per heavy atom. The highest BCUT2D eigenvalue weighted by Crippen LogP contribution is 2.22. The number of halogens is 1. The quantitative estimate of drug-likeness (QED) is 0.510. The molecule has 0 saturated carbocycles. The van der Waals surface area contributed by atoms with E-state index in [-0.39, 0.29) is 16.9 Å². The number of benzene rings is 2. The normalized spacial score (nSPS) is 14.0. The summed E-state index contributed by atoms with van der Waals surface area (Å²) in [6, 6.07) is 13.3. The van der Waals surface area contributed by atoms with Crippen LogP contribution < -0.4 is 25.8 Å². The number of anilines is 2. The maximum Gasteiger partial charge on any atom is 0.334 e. The predicted octanol–water partition coefficient (Wildman–Crippen LogP) is 1.94. The number of aromatic amines is 1. The molecule has 0 bridgehead atoms. The van der Waals surface area contributed by atoms with Gasteiger partial charge in [-0.25, -0.2) is 18.7 Å². The van der Waals surface area contributed by atoms with Crippen LogP contribution in [0.15, 0.2) is 64.3 Å². The second-order valence-electron chi connectivity index (χ2n) is 7.63. The third-order valence-corrected chi connectivity index (χ3v) is 5.72. The van der Waals surface area contributed by atoms with Gasteiger partial charge >= 0.3 is 5.69 Å². The number of para-hydroxylation sites is 1. The molecule has 5 rings (SSSR count). The lowest BCUT2D eigenvalue weighted by Crippen LogP contribution is -2.47. The van der Waals surface area contributed by atoms with E-state index < -0.39 is 11.2 Å². The predicted molar refractivity (Wildman–Crippen MR) is 123 cm³/mol. The SMILES string of the molecule is COc1ccc(-n2c(=O)[nH]c3nc(N4CCN(c5ccccc5F)CC4)ncc3c2=O)cc1. The zero-order chi connectivity index (χ0) is 22.9. The molecule has 1 N–H and O–H groups in total. The molecule has 1 aliphatic heterocycles. The number of aromatic nitrogens is 4. The van der Waals surface area contributed by atoms with Gasteiger partial charge in [0.05, 0.1) is 18.5 Å². The van der Waals surface area contributed by atoms with E-state index >= 15 is 0 Å². The van der Waals surface area contributed by atoms with Gasteiger partial charge in [0.25, 0.3) is 5.56 Å². The van der Waals surface area contributed by atoms with E-state index in [0.29, 0.717) is 49.3 Å². The maximum absolute atomic E-state index is 14.1. The molecule has 1 fully saturated rings. The summed E-state index contributed by atoms with van der Waals surface area (Å²) in [5.41, 5.74) is 0.0649. The van der Waals surface area contributed by atoms with Crippen molar-refractivity contribution in [2.45, 2.75) is 0 Å². The summed E-state index contributed by atoms with van der Waals surface area (Å²) in [7, 11) is 1.54. The molecule has 0 radical (unpaired) electrons. The minimum atomic E-state index is -0.591. The van der Waals surface area contributed by atoms with E-state index in [2.05, 4.69) is 15.0 Å². The van der Waals surface area contributed by atoms with E-state index in [1.165, 1.54) is 12.3 Å². The summed E-state index contributed by atoms with van der Waals surface area (Å²) >= 11 is 0. The number of hydrogen-bond acceptors (Lipinski definition) is 7. The molecule has 33 heavy (non-hydrogen) atoms. The highest BCUT2D eigenvalue weighted by atomic mass is 19.1. The van der Waals surface area contributed by atoms with Gasteiger partial charge in [0.15, 0.2) is 5.65 Å². The van der Waals surface area contributed by atoms with Crippen LogP contribution in [0.1, 0.15) is 0 Å². The van der Waals surface area contributed by atoms with Gasteiger partial charge in [-0.05, 0) is 36.4 Å². The van der Waals surface area contributed by atoms with Crippen LogP contribution in [0.3, 0.4) is 0 Å². The zero-order valence-corrected chi connectivity index (χ0v) is 17.9. The van der Waals surface area contributed by atoms with Crippen molar-refractivity contribution in [2.24, 2.45) is 0 Å². The zero-order valence-electron chi connectivity index (χ0n) is 17.9. The molecular formula is C23H21FN6O3. The van der Waals surface area contributed by atoms with Crippen LogP contribution in [0.25, 0.3) is 16.7 Å². The first-order valence-electron chi connectivity index (χ1n) is 10.5. The van der Waals surface area contributed by atoms with Crippen molar-refractivity contribution < 1.29 is 9.13 Å². The Balaban J connectivity index is 1.42. The van der Waals surface area contributed by atoms with Gasteiger partial charge in [-0.2, -0.15) is 4.98 Å². The lowest BCUT2D eigenvalue weighted by molar-refractivity contribution is 0.414. The summed E-state index contributed by atoms with van der Waals surface area (Å²) in [5.74, 6) is 0.777.